The summed E-state index contributed by atoms with van der Waals surface area (Å²) in [7, 11) is -1.10. The molecule has 0 bridgehead atoms. The summed E-state index contributed by atoms with van der Waals surface area (Å²) in [5.41, 5.74) is 1.33. The molecule has 0 saturated heterocycles. The van der Waals surface area contributed by atoms with Gasteiger partial charge in [0.15, 0.2) is 0 Å². The van der Waals surface area contributed by atoms with Crippen LogP contribution in [0.15, 0.2) is 29.2 Å². The molecule has 0 aromatic heterocycles. The van der Waals surface area contributed by atoms with Crippen molar-refractivity contribution in [1.82, 2.24) is 0 Å². The van der Waals surface area contributed by atoms with Crippen molar-refractivity contribution in [1.29, 1.82) is 0 Å². The van der Waals surface area contributed by atoms with Gasteiger partial charge in [-0.25, -0.2) is 0 Å². The molecule has 100 valence electrons. The number of Topliss-reactive ketones (excluding diaryl/α,β-unsaturated/α-hetero) is 1. The van der Waals surface area contributed by atoms with Gasteiger partial charge in [0.1, 0.15) is 5.78 Å². The molecule has 2 unspecified atom stereocenters. The average molecular weight is 266 g/mol. The maximum atomic E-state index is 12.2. The topological polar surface area (TPSA) is 34.1 Å². The molecule has 0 N–H and O–H groups in total. The lowest BCUT2D eigenvalue weighted by Gasteiger charge is -2.19. The predicted octanol–water partition coefficient (Wildman–Crippen LogP) is 3.46. The summed E-state index contributed by atoms with van der Waals surface area (Å²) in [5, 5.41) is -0.122. The Morgan fingerprint density at radius 2 is 1.72 bits per heavy atom. The fourth-order valence-electron chi connectivity index (χ4n) is 1.80. The Kier molecular flexibility index (Phi) is 4.85. The van der Waals surface area contributed by atoms with Crippen LogP contribution in [-0.4, -0.2) is 15.2 Å². The minimum atomic E-state index is -1.10. The second-order valence-electron chi connectivity index (χ2n) is 5.79. The molecule has 0 aliphatic carbocycles. The smallest absolute Gasteiger partial charge is 0.131 e. The van der Waals surface area contributed by atoms with Crippen LogP contribution >= 0.6 is 0 Å². The number of rotatable bonds is 4. The maximum Gasteiger partial charge on any atom is 0.131 e. The molecule has 3 heteroatoms. The number of benzene rings is 1. The summed E-state index contributed by atoms with van der Waals surface area (Å²) < 4.78 is 12.2. The number of carbonyl (C=O) groups excluding carboxylic acids is 1. The van der Waals surface area contributed by atoms with Crippen molar-refractivity contribution < 1.29 is 9.00 Å². The average Bonchev–Trinajstić information content (AvgIpc) is 2.26. The van der Waals surface area contributed by atoms with Crippen LogP contribution in [0.3, 0.4) is 0 Å². The van der Waals surface area contributed by atoms with Crippen LogP contribution in [0.1, 0.15) is 46.6 Å². The van der Waals surface area contributed by atoms with Gasteiger partial charge >= 0.3 is 0 Å². The molecule has 1 rings (SSSR count). The highest BCUT2D eigenvalue weighted by molar-refractivity contribution is 7.85. The molecule has 0 saturated carbocycles. The van der Waals surface area contributed by atoms with Crippen LogP contribution < -0.4 is 0 Å². The van der Waals surface area contributed by atoms with Gasteiger partial charge in [0.2, 0.25) is 0 Å². The summed E-state index contributed by atoms with van der Waals surface area (Å²) in [6.07, 6.45) is 0.369. The van der Waals surface area contributed by atoms with E-state index in [1.165, 1.54) is 12.5 Å². The fraction of sp³-hybridized carbons (Fsp3) is 0.533. The summed E-state index contributed by atoms with van der Waals surface area (Å²) in [6.45, 7) is 9.84. The van der Waals surface area contributed by atoms with Crippen molar-refractivity contribution in [3.63, 3.8) is 0 Å². The van der Waals surface area contributed by atoms with Crippen molar-refractivity contribution in [3.05, 3.63) is 29.8 Å². The largest absolute Gasteiger partial charge is 0.300 e. The van der Waals surface area contributed by atoms with Gasteiger partial charge in [0.05, 0.1) is 10.8 Å². The van der Waals surface area contributed by atoms with E-state index in [9.17, 15) is 9.00 Å². The molecule has 18 heavy (non-hydrogen) atoms. The van der Waals surface area contributed by atoms with Gasteiger partial charge < -0.3 is 0 Å². The van der Waals surface area contributed by atoms with E-state index in [1.807, 2.05) is 31.2 Å². The summed E-state index contributed by atoms with van der Waals surface area (Å²) >= 11 is 0. The molecule has 0 spiro atoms. The van der Waals surface area contributed by atoms with Crippen molar-refractivity contribution >= 4 is 16.6 Å². The Morgan fingerprint density at radius 3 is 2.11 bits per heavy atom. The Hall–Kier alpha value is -0.960. The molecule has 0 heterocycles. The third kappa shape index (κ3) is 4.05. The Balaban J connectivity index is 2.85. The monoisotopic (exact) mass is 266 g/mol. The first-order valence-electron chi connectivity index (χ1n) is 6.22. The van der Waals surface area contributed by atoms with Gasteiger partial charge in [-0.1, -0.05) is 39.8 Å². The van der Waals surface area contributed by atoms with Gasteiger partial charge in [0, 0.05) is 16.6 Å². The molecule has 2 atom stereocenters. The lowest BCUT2D eigenvalue weighted by atomic mass is 9.87. The molecular formula is C15H22O2S. The second kappa shape index (κ2) is 5.79. The summed E-state index contributed by atoms with van der Waals surface area (Å²) in [6, 6.07) is 7.86. The number of carbonyl (C=O) groups is 1. The van der Waals surface area contributed by atoms with Crippen molar-refractivity contribution in [2.24, 2.45) is 0 Å². The lowest BCUT2D eigenvalue weighted by molar-refractivity contribution is -0.116. The van der Waals surface area contributed by atoms with Gasteiger partial charge in [-0.15, -0.1) is 0 Å². The van der Waals surface area contributed by atoms with Crippen LogP contribution in [0, 0.1) is 0 Å². The first kappa shape index (κ1) is 15.1. The fourth-order valence-corrected chi connectivity index (χ4v) is 3.06. The van der Waals surface area contributed by atoms with Gasteiger partial charge in [-0.2, -0.15) is 0 Å². The maximum absolute atomic E-state index is 12.2. The standard InChI is InChI=1S/C15H22O2S/c1-11(16)10-12(2)18(17)14-8-6-13(7-9-14)15(3,4)5/h6-9,12H,10H2,1-5H3. The zero-order chi connectivity index (χ0) is 13.9. The van der Waals surface area contributed by atoms with Crippen LogP contribution in [-0.2, 0) is 21.0 Å². The number of hydrogen-bond donors (Lipinski definition) is 0. The Bertz CT molecular complexity index is 441. The highest BCUT2D eigenvalue weighted by Crippen LogP contribution is 2.24. The van der Waals surface area contributed by atoms with E-state index in [0.29, 0.717) is 6.42 Å². The SMILES string of the molecule is CC(=O)CC(C)S(=O)c1ccc(C(C)(C)C)cc1. The third-order valence-corrected chi connectivity index (χ3v) is 4.53. The Labute approximate surface area is 112 Å². The van der Waals surface area contributed by atoms with E-state index in [1.54, 1.807) is 0 Å². The molecule has 2 nitrogen and oxygen atoms in total. The number of hydrogen-bond acceptors (Lipinski definition) is 2. The molecule has 0 amide bonds. The van der Waals surface area contributed by atoms with E-state index in [4.69, 9.17) is 0 Å². The van der Waals surface area contributed by atoms with Crippen molar-refractivity contribution in [2.75, 3.05) is 0 Å². The minimum absolute atomic E-state index is 0.0853. The first-order chi connectivity index (χ1) is 8.21. The minimum Gasteiger partial charge on any atom is -0.300 e. The molecule has 1 aromatic carbocycles. The van der Waals surface area contributed by atoms with E-state index < -0.39 is 10.8 Å². The molecule has 0 fully saturated rings. The quantitative estimate of drug-likeness (QED) is 0.836. The lowest BCUT2D eigenvalue weighted by Crippen LogP contribution is -2.15. The van der Waals surface area contributed by atoms with E-state index in [2.05, 4.69) is 20.8 Å². The summed E-state index contributed by atoms with van der Waals surface area (Å²) in [5.74, 6) is 0.0853. The number of ketones is 1. The van der Waals surface area contributed by atoms with Crippen LogP contribution in [0.4, 0.5) is 0 Å². The normalized spacial score (nSPS) is 15.2. The highest BCUT2D eigenvalue weighted by atomic mass is 32.2. The van der Waals surface area contributed by atoms with Crippen LogP contribution in [0.25, 0.3) is 0 Å². The zero-order valence-corrected chi connectivity index (χ0v) is 12.6. The predicted molar refractivity (Wildman–Crippen MR) is 76.3 cm³/mol. The van der Waals surface area contributed by atoms with Crippen LogP contribution in [0.5, 0.6) is 0 Å². The van der Waals surface area contributed by atoms with E-state index in [0.717, 1.165) is 4.90 Å². The Morgan fingerprint density at radius 1 is 1.22 bits per heavy atom. The third-order valence-electron chi connectivity index (χ3n) is 2.89. The first-order valence-corrected chi connectivity index (χ1v) is 7.43. The van der Waals surface area contributed by atoms with E-state index >= 15 is 0 Å². The van der Waals surface area contributed by atoms with Crippen LogP contribution in [0.2, 0.25) is 0 Å². The zero-order valence-electron chi connectivity index (χ0n) is 11.8. The highest BCUT2D eigenvalue weighted by Gasteiger charge is 2.17. The van der Waals surface area contributed by atoms with E-state index in [-0.39, 0.29) is 16.4 Å². The molecular weight excluding hydrogens is 244 g/mol. The molecule has 0 radical (unpaired) electrons. The summed E-state index contributed by atoms with van der Waals surface area (Å²) in [4.78, 5) is 11.8. The van der Waals surface area contributed by atoms with Gasteiger partial charge in [-0.05, 0) is 30.0 Å². The van der Waals surface area contributed by atoms with Crippen molar-refractivity contribution in [3.8, 4) is 0 Å². The molecule has 0 aliphatic heterocycles. The van der Waals surface area contributed by atoms with Crippen molar-refractivity contribution in [2.45, 2.75) is 56.6 Å². The van der Waals surface area contributed by atoms with Gasteiger partial charge in [-0.3, -0.25) is 9.00 Å². The van der Waals surface area contributed by atoms with Gasteiger partial charge in [0.25, 0.3) is 0 Å². The molecule has 0 aliphatic rings. The molecule has 1 aromatic rings. The second-order valence-corrected chi connectivity index (χ2v) is 7.66.